The minimum atomic E-state index is -0.915. The molecule has 1 N–H and O–H groups in total. The minimum Gasteiger partial charge on any atom is -0.459 e. The molecule has 2 atom stereocenters. The number of carbonyl (C=O) groups is 3. The summed E-state index contributed by atoms with van der Waals surface area (Å²) in [6, 6.07) is 6.26. The Morgan fingerprint density at radius 1 is 1.26 bits per heavy atom. The van der Waals surface area contributed by atoms with Crippen LogP contribution in [0.25, 0.3) is 11.0 Å². The highest BCUT2D eigenvalue weighted by Gasteiger charge is 2.55. The normalized spacial score (nSPS) is 23.4. The molecule has 2 heterocycles. The standard InChI is InChI=1S/C23H26N2O6/c1-3-15-7-8-17-16(11-19(26)31-18(17)10-15)13-30-20(27)12-25-21(28)23(24-22(25)29)9-5-4-6-14(23)2/h7-8,10-11,14H,3-6,9,12-13H2,1-2H3,(H,24,29)/t14-,23+/m0/s1. The number of fused-ring (bicyclic) bond motifs is 1. The van der Waals surface area contributed by atoms with Crippen molar-refractivity contribution in [2.75, 3.05) is 6.54 Å². The lowest BCUT2D eigenvalue weighted by molar-refractivity contribution is -0.149. The number of ether oxygens (including phenoxy) is 1. The van der Waals surface area contributed by atoms with Crippen molar-refractivity contribution in [3.63, 3.8) is 0 Å². The molecule has 1 aliphatic carbocycles. The number of hydrogen-bond donors (Lipinski definition) is 1. The Kier molecular flexibility index (Phi) is 5.56. The molecule has 1 spiro atoms. The van der Waals surface area contributed by atoms with E-state index in [2.05, 4.69) is 5.32 Å². The molecule has 164 valence electrons. The van der Waals surface area contributed by atoms with Crippen molar-refractivity contribution in [1.82, 2.24) is 10.2 Å². The first-order chi connectivity index (χ1) is 14.8. The van der Waals surface area contributed by atoms with Gasteiger partial charge in [0.2, 0.25) is 0 Å². The van der Waals surface area contributed by atoms with Gasteiger partial charge in [-0.25, -0.2) is 9.59 Å². The summed E-state index contributed by atoms with van der Waals surface area (Å²) >= 11 is 0. The summed E-state index contributed by atoms with van der Waals surface area (Å²) in [6.07, 6.45) is 4.11. The molecule has 1 aliphatic heterocycles. The van der Waals surface area contributed by atoms with Crippen LogP contribution in [0.3, 0.4) is 0 Å². The van der Waals surface area contributed by atoms with E-state index in [0.29, 0.717) is 23.0 Å². The fraction of sp³-hybridized carbons (Fsp3) is 0.478. The van der Waals surface area contributed by atoms with Gasteiger partial charge in [-0.2, -0.15) is 0 Å². The van der Waals surface area contributed by atoms with Gasteiger partial charge < -0.3 is 14.5 Å². The average molecular weight is 426 g/mol. The highest BCUT2D eigenvalue weighted by molar-refractivity contribution is 6.09. The van der Waals surface area contributed by atoms with E-state index in [-0.39, 0.29) is 18.4 Å². The predicted molar refractivity (Wildman–Crippen MR) is 112 cm³/mol. The number of nitrogens with zero attached hydrogens (tertiary/aromatic N) is 1. The van der Waals surface area contributed by atoms with Gasteiger partial charge in [0.05, 0.1) is 0 Å². The van der Waals surface area contributed by atoms with Crippen LogP contribution in [0.1, 0.15) is 50.7 Å². The van der Waals surface area contributed by atoms with E-state index in [1.807, 2.05) is 26.0 Å². The molecule has 1 aromatic carbocycles. The molecule has 8 nitrogen and oxygen atoms in total. The van der Waals surface area contributed by atoms with E-state index in [9.17, 15) is 19.2 Å². The van der Waals surface area contributed by atoms with E-state index in [0.717, 1.165) is 36.1 Å². The molecule has 1 saturated carbocycles. The molecule has 8 heteroatoms. The number of imide groups is 1. The molecule has 0 radical (unpaired) electrons. The van der Waals surface area contributed by atoms with E-state index in [4.69, 9.17) is 9.15 Å². The van der Waals surface area contributed by atoms with E-state index >= 15 is 0 Å². The molecule has 2 aliphatic rings. The molecule has 0 bridgehead atoms. The van der Waals surface area contributed by atoms with Crippen LogP contribution in [-0.2, 0) is 27.4 Å². The van der Waals surface area contributed by atoms with Crippen LogP contribution >= 0.6 is 0 Å². The molecule has 1 aromatic heterocycles. The van der Waals surface area contributed by atoms with E-state index < -0.39 is 29.7 Å². The van der Waals surface area contributed by atoms with Gasteiger partial charge in [-0.05, 0) is 36.8 Å². The summed E-state index contributed by atoms with van der Waals surface area (Å²) in [5, 5.41) is 3.49. The van der Waals surface area contributed by atoms with Crippen LogP contribution in [0, 0.1) is 5.92 Å². The van der Waals surface area contributed by atoms with E-state index in [1.54, 1.807) is 6.07 Å². The van der Waals surface area contributed by atoms with Crippen LogP contribution < -0.4 is 10.9 Å². The fourth-order valence-corrected chi connectivity index (χ4v) is 4.59. The van der Waals surface area contributed by atoms with Gasteiger partial charge in [0.1, 0.15) is 24.3 Å². The number of hydrogen-bond acceptors (Lipinski definition) is 6. The number of rotatable bonds is 5. The van der Waals surface area contributed by atoms with Gasteiger partial charge in [0, 0.05) is 17.0 Å². The topological polar surface area (TPSA) is 106 Å². The van der Waals surface area contributed by atoms with Gasteiger partial charge in [0.25, 0.3) is 5.91 Å². The third kappa shape index (κ3) is 3.82. The Bertz CT molecular complexity index is 1110. The maximum Gasteiger partial charge on any atom is 0.336 e. The Morgan fingerprint density at radius 3 is 2.81 bits per heavy atom. The number of esters is 1. The summed E-state index contributed by atoms with van der Waals surface area (Å²) in [4.78, 5) is 50.7. The number of carbonyl (C=O) groups excluding carboxylic acids is 3. The lowest BCUT2D eigenvalue weighted by atomic mass is 9.73. The van der Waals surface area contributed by atoms with Crippen molar-refractivity contribution < 1.29 is 23.5 Å². The van der Waals surface area contributed by atoms with Gasteiger partial charge in [-0.15, -0.1) is 0 Å². The van der Waals surface area contributed by atoms with E-state index in [1.165, 1.54) is 6.07 Å². The molecular formula is C23H26N2O6. The van der Waals surface area contributed by atoms with Crippen molar-refractivity contribution in [2.24, 2.45) is 5.92 Å². The average Bonchev–Trinajstić information content (AvgIpc) is 2.98. The van der Waals surface area contributed by atoms with Crippen molar-refractivity contribution in [2.45, 2.75) is 58.1 Å². The first-order valence-corrected chi connectivity index (χ1v) is 10.7. The van der Waals surface area contributed by atoms with Crippen molar-refractivity contribution in [3.8, 4) is 0 Å². The zero-order chi connectivity index (χ0) is 22.2. The first kappa shape index (κ1) is 21.1. The largest absolute Gasteiger partial charge is 0.459 e. The smallest absolute Gasteiger partial charge is 0.336 e. The Morgan fingerprint density at radius 2 is 2.06 bits per heavy atom. The molecule has 1 saturated heterocycles. The number of urea groups is 1. The summed E-state index contributed by atoms with van der Waals surface area (Å²) in [7, 11) is 0. The number of aryl methyl sites for hydroxylation is 1. The van der Waals surface area contributed by atoms with Crippen LogP contribution in [0.2, 0.25) is 0 Å². The second kappa shape index (κ2) is 8.17. The number of nitrogens with one attached hydrogen (secondary N) is 1. The molecular weight excluding hydrogens is 400 g/mol. The van der Waals surface area contributed by atoms with Crippen molar-refractivity contribution in [3.05, 3.63) is 45.8 Å². The second-order valence-corrected chi connectivity index (χ2v) is 8.38. The monoisotopic (exact) mass is 426 g/mol. The highest BCUT2D eigenvalue weighted by Crippen LogP contribution is 2.38. The maximum absolute atomic E-state index is 13.0. The minimum absolute atomic E-state index is 0.0154. The molecule has 31 heavy (non-hydrogen) atoms. The Labute approximate surface area is 179 Å². The van der Waals surface area contributed by atoms with Crippen LogP contribution in [0.4, 0.5) is 4.79 Å². The summed E-state index contributed by atoms with van der Waals surface area (Å²) < 4.78 is 10.6. The Hall–Kier alpha value is -3.16. The molecule has 2 aromatic rings. The van der Waals surface area contributed by atoms with Crippen molar-refractivity contribution in [1.29, 1.82) is 0 Å². The third-order valence-corrected chi connectivity index (χ3v) is 6.48. The fourth-order valence-electron chi connectivity index (χ4n) is 4.59. The maximum atomic E-state index is 13.0. The highest BCUT2D eigenvalue weighted by atomic mass is 16.5. The molecule has 0 unspecified atom stereocenters. The lowest BCUT2D eigenvalue weighted by Gasteiger charge is -2.36. The Balaban J connectivity index is 1.46. The number of amides is 3. The predicted octanol–water partition coefficient (Wildman–Crippen LogP) is 2.90. The summed E-state index contributed by atoms with van der Waals surface area (Å²) in [5.74, 6) is -1.06. The third-order valence-electron chi connectivity index (χ3n) is 6.48. The summed E-state index contributed by atoms with van der Waals surface area (Å²) in [5.41, 5.74) is 0.515. The van der Waals surface area contributed by atoms with Gasteiger partial charge in [0.15, 0.2) is 0 Å². The van der Waals surface area contributed by atoms with Crippen LogP contribution in [-0.4, -0.2) is 34.9 Å². The number of benzene rings is 1. The van der Waals surface area contributed by atoms with Gasteiger partial charge in [-0.3, -0.25) is 14.5 Å². The first-order valence-electron chi connectivity index (χ1n) is 10.7. The summed E-state index contributed by atoms with van der Waals surface area (Å²) in [6.45, 7) is 3.34. The molecule has 3 amide bonds. The van der Waals surface area contributed by atoms with Crippen LogP contribution in [0.5, 0.6) is 0 Å². The quantitative estimate of drug-likeness (QED) is 0.448. The lowest BCUT2D eigenvalue weighted by Crippen LogP contribution is -2.54. The molecule has 4 rings (SSSR count). The SMILES string of the molecule is CCc1ccc2c(COC(=O)CN3C(=O)N[C@@]4(CCCC[C@@H]4C)C3=O)cc(=O)oc2c1. The zero-order valence-electron chi connectivity index (χ0n) is 17.7. The van der Waals surface area contributed by atoms with Crippen molar-refractivity contribution >= 4 is 28.9 Å². The second-order valence-electron chi connectivity index (χ2n) is 8.38. The molecule has 2 fully saturated rings. The zero-order valence-corrected chi connectivity index (χ0v) is 17.7. The van der Waals surface area contributed by atoms with Crippen LogP contribution in [0.15, 0.2) is 33.5 Å². The van der Waals surface area contributed by atoms with Gasteiger partial charge >= 0.3 is 17.6 Å². The van der Waals surface area contributed by atoms with Gasteiger partial charge in [-0.1, -0.05) is 38.8 Å².